The van der Waals surface area contributed by atoms with Crippen molar-refractivity contribution in [3.63, 3.8) is 0 Å². The highest BCUT2D eigenvalue weighted by atomic mass is 79.9. The van der Waals surface area contributed by atoms with Crippen molar-refractivity contribution in [2.24, 2.45) is 0 Å². The molecule has 2 rings (SSSR count). The zero-order valence-electron chi connectivity index (χ0n) is 11.8. The van der Waals surface area contributed by atoms with Gasteiger partial charge in [-0.25, -0.2) is 9.97 Å². The van der Waals surface area contributed by atoms with Crippen LogP contribution in [0.25, 0.3) is 0 Å². The monoisotopic (exact) mass is 450 g/mol. The molecule has 0 aliphatic rings. The van der Waals surface area contributed by atoms with Gasteiger partial charge < -0.3 is 4.57 Å². The van der Waals surface area contributed by atoms with Crippen LogP contribution in [0.1, 0.15) is 18.7 Å². The molecule has 2 heterocycles. The molecule has 2 aromatic heterocycles. The topological polar surface area (TPSA) is 43.6 Å². The number of nitrogens with zero attached hydrogens (tertiary/aromatic N) is 4. The first-order chi connectivity index (χ1) is 10.1. The highest BCUT2D eigenvalue weighted by Gasteiger charge is 2.06. The summed E-state index contributed by atoms with van der Waals surface area (Å²) in [5, 5.41) is 1.61. The first-order valence-corrected chi connectivity index (χ1v) is 10.5. The third kappa shape index (κ3) is 4.97. The standard InChI is InChI=1S/C13H16Br2N4S2/c1-20-12-16-11(17-13(18-12)21-2)5-3-4-8-19-9(14)6-7-10(19)15/h6-7H,3-5,8H2,1-2H3. The number of hydrogen-bond donors (Lipinski definition) is 0. The molecule has 0 aliphatic carbocycles. The van der Waals surface area contributed by atoms with Crippen molar-refractivity contribution in [2.45, 2.75) is 36.1 Å². The fraction of sp³-hybridized carbons (Fsp3) is 0.462. The molecule has 0 radical (unpaired) electrons. The molecule has 0 N–H and O–H groups in total. The van der Waals surface area contributed by atoms with Crippen LogP contribution >= 0.6 is 55.4 Å². The van der Waals surface area contributed by atoms with Crippen molar-refractivity contribution in [3.8, 4) is 0 Å². The number of unbranched alkanes of at least 4 members (excludes halogenated alkanes) is 1. The first-order valence-electron chi connectivity index (χ1n) is 6.47. The zero-order valence-corrected chi connectivity index (χ0v) is 16.6. The number of aryl methyl sites for hydroxylation is 1. The summed E-state index contributed by atoms with van der Waals surface area (Å²) in [5.74, 6) is 0.893. The summed E-state index contributed by atoms with van der Waals surface area (Å²) in [6.45, 7) is 0.976. The molecule has 0 amide bonds. The Morgan fingerprint density at radius 3 is 2.05 bits per heavy atom. The number of hydrogen-bond acceptors (Lipinski definition) is 5. The Morgan fingerprint density at radius 2 is 1.52 bits per heavy atom. The quantitative estimate of drug-likeness (QED) is 0.452. The second-order valence-corrected chi connectivity index (χ2v) is 7.48. The van der Waals surface area contributed by atoms with E-state index in [1.54, 1.807) is 23.5 Å². The molecule has 2 aromatic rings. The average Bonchev–Trinajstić information content (AvgIpc) is 2.82. The Morgan fingerprint density at radius 1 is 0.952 bits per heavy atom. The van der Waals surface area contributed by atoms with E-state index in [-0.39, 0.29) is 0 Å². The third-order valence-corrected chi connectivity index (χ3v) is 5.39. The predicted octanol–water partition coefficient (Wildman–Crippen LogP) is 4.66. The van der Waals surface area contributed by atoms with Crippen LogP contribution in [-0.2, 0) is 13.0 Å². The van der Waals surface area contributed by atoms with E-state index in [0.29, 0.717) is 0 Å². The van der Waals surface area contributed by atoms with Gasteiger partial charge in [0.05, 0.1) is 9.21 Å². The third-order valence-electron chi connectivity index (χ3n) is 2.91. The Hall–Kier alpha value is -0.0500. The van der Waals surface area contributed by atoms with E-state index < -0.39 is 0 Å². The van der Waals surface area contributed by atoms with Gasteiger partial charge in [-0.2, -0.15) is 4.98 Å². The Balaban J connectivity index is 1.89. The first kappa shape index (κ1) is 17.3. The summed E-state index contributed by atoms with van der Waals surface area (Å²) in [6, 6.07) is 4.09. The van der Waals surface area contributed by atoms with Crippen molar-refractivity contribution < 1.29 is 0 Å². The van der Waals surface area contributed by atoms with E-state index >= 15 is 0 Å². The maximum absolute atomic E-state index is 4.47. The lowest BCUT2D eigenvalue weighted by Gasteiger charge is -2.07. The molecule has 0 atom stereocenters. The van der Waals surface area contributed by atoms with Crippen LogP contribution in [-0.4, -0.2) is 32.0 Å². The fourth-order valence-electron chi connectivity index (χ4n) is 1.86. The van der Waals surface area contributed by atoms with Crippen molar-refractivity contribution in [2.75, 3.05) is 12.5 Å². The van der Waals surface area contributed by atoms with Crippen LogP contribution in [0, 0.1) is 0 Å². The molecule has 0 aromatic carbocycles. The molecule has 4 nitrogen and oxygen atoms in total. The highest BCUT2D eigenvalue weighted by Crippen LogP contribution is 2.21. The molecule has 0 saturated carbocycles. The molecular formula is C13H16Br2N4S2. The van der Waals surface area contributed by atoms with Gasteiger partial charge in [0.1, 0.15) is 5.82 Å². The number of thioether (sulfide) groups is 2. The van der Waals surface area contributed by atoms with E-state index in [1.807, 2.05) is 24.6 Å². The highest BCUT2D eigenvalue weighted by molar-refractivity contribution is 9.11. The molecule has 0 bridgehead atoms. The number of rotatable bonds is 7. The molecule has 8 heteroatoms. The SMILES string of the molecule is CSc1nc(CCCCn2c(Br)ccc2Br)nc(SC)n1. The van der Waals surface area contributed by atoms with Gasteiger partial charge in [0, 0.05) is 13.0 Å². The number of halogens is 2. The lowest BCUT2D eigenvalue weighted by atomic mass is 10.2. The molecule has 0 spiro atoms. The van der Waals surface area contributed by atoms with E-state index in [2.05, 4.69) is 51.4 Å². The fourth-order valence-corrected chi connectivity index (χ4v) is 3.90. The van der Waals surface area contributed by atoms with Crippen molar-refractivity contribution >= 4 is 55.4 Å². The summed E-state index contributed by atoms with van der Waals surface area (Å²) in [5.41, 5.74) is 0. The summed E-state index contributed by atoms with van der Waals surface area (Å²) < 4.78 is 4.40. The molecule has 0 unspecified atom stereocenters. The van der Waals surface area contributed by atoms with Crippen LogP contribution in [0.3, 0.4) is 0 Å². The van der Waals surface area contributed by atoms with E-state index in [4.69, 9.17) is 0 Å². The lowest BCUT2D eigenvalue weighted by Crippen LogP contribution is -2.03. The Labute approximate surface area is 150 Å². The average molecular weight is 452 g/mol. The minimum atomic E-state index is 0.806. The largest absolute Gasteiger partial charge is 0.330 e. The molecule has 0 aliphatic heterocycles. The minimum absolute atomic E-state index is 0.806. The van der Waals surface area contributed by atoms with Gasteiger partial charge in [-0.05, 0) is 69.3 Å². The van der Waals surface area contributed by atoms with Crippen LogP contribution in [0.5, 0.6) is 0 Å². The molecular weight excluding hydrogens is 436 g/mol. The van der Waals surface area contributed by atoms with Crippen LogP contribution < -0.4 is 0 Å². The van der Waals surface area contributed by atoms with E-state index in [1.165, 1.54) is 0 Å². The Kier molecular flexibility index (Phi) is 7.04. The summed E-state index contributed by atoms with van der Waals surface area (Å²) in [7, 11) is 0. The van der Waals surface area contributed by atoms with Gasteiger partial charge in [0.2, 0.25) is 0 Å². The van der Waals surface area contributed by atoms with Crippen LogP contribution in [0.2, 0.25) is 0 Å². The predicted molar refractivity (Wildman–Crippen MR) is 96.2 cm³/mol. The van der Waals surface area contributed by atoms with Gasteiger partial charge in [-0.3, -0.25) is 0 Å². The maximum Gasteiger partial charge on any atom is 0.191 e. The van der Waals surface area contributed by atoms with Gasteiger partial charge in [0.25, 0.3) is 0 Å². The van der Waals surface area contributed by atoms with E-state index in [0.717, 1.165) is 51.2 Å². The van der Waals surface area contributed by atoms with Gasteiger partial charge in [-0.15, -0.1) is 0 Å². The molecule has 0 saturated heterocycles. The zero-order chi connectivity index (χ0) is 15.2. The molecule has 21 heavy (non-hydrogen) atoms. The van der Waals surface area contributed by atoms with Crippen molar-refractivity contribution in [1.29, 1.82) is 0 Å². The van der Waals surface area contributed by atoms with Crippen molar-refractivity contribution in [3.05, 3.63) is 27.2 Å². The van der Waals surface area contributed by atoms with Gasteiger partial charge >= 0.3 is 0 Å². The molecule has 0 fully saturated rings. The smallest absolute Gasteiger partial charge is 0.191 e. The lowest BCUT2D eigenvalue weighted by molar-refractivity contribution is 0.581. The second kappa shape index (κ2) is 8.55. The second-order valence-electron chi connectivity index (χ2n) is 4.31. The summed E-state index contributed by atoms with van der Waals surface area (Å²) in [6.07, 6.45) is 7.01. The van der Waals surface area contributed by atoms with Gasteiger partial charge in [0.15, 0.2) is 10.3 Å². The maximum atomic E-state index is 4.47. The normalized spacial score (nSPS) is 11.0. The summed E-state index contributed by atoms with van der Waals surface area (Å²) in [4.78, 5) is 13.3. The number of aromatic nitrogens is 4. The van der Waals surface area contributed by atoms with Crippen molar-refractivity contribution in [1.82, 2.24) is 19.5 Å². The molecule has 114 valence electrons. The van der Waals surface area contributed by atoms with Crippen LogP contribution in [0.15, 0.2) is 31.7 Å². The van der Waals surface area contributed by atoms with Gasteiger partial charge in [-0.1, -0.05) is 23.5 Å². The Bertz CT molecular complexity index is 562. The van der Waals surface area contributed by atoms with E-state index in [9.17, 15) is 0 Å². The summed E-state index contributed by atoms with van der Waals surface area (Å²) >= 11 is 10.2. The minimum Gasteiger partial charge on any atom is -0.330 e. The van der Waals surface area contributed by atoms with Crippen LogP contribution in [0.4, 0.5) is 0 Å².